The summed E-state index contributed by atoms with van der Waals surface area (Å²) in [5.41, 5.74) is 3.90. The predicted molar refractivity (Wildman–Crippen MR) is 63.2 cm³/mol. The Balaban J connectivity index is 3.20. The van der Waals surface area contributed by atoms with Gasteiger partial charge in [0.05, 0.1) is 0 Å². The molecule has 1 aromatic rings. The Kier molecular flexibility index (Phi) is 4.02. The van der Waals surface area contributed by atoms with Crippen molar-refractivity contribution in [1.82, 2.24) is 0 Å². The minimum absolute atomic E-state index is 0.220. The zero-order chi connectivity index (χ0) is 10.7. The fraction of sp³-hybridized carbons (Fsp3) is 0.500. The molecule has 1 rings (SSSR count). The van der Waals surface area contributed by atoms with Crippen LogP contribution >= 0.6 is 11.8 Å². The summed E-state index contributed by atoms with van der Waals surface area (Å²) in [5, 5.41) is 9.16. The van der Waals surface area contributed by atoms with Crippen LogP contribution in [-0.2, 0) is 0 Å². The van der Waals surface area contributed by atoms with Crippen LogP contribution in [0.1, 0.15) is 29.5 Å². The summed E-state index contributed by atoms with van der Waals surface area (Å²) in [6.07, 6.45) is 2.08. The second kappa shape index (κ2) is 4.85. The van der Waals surface area contributed by atoms with Crippen molar-refractivity contribution in [2.75, 3.05) is 12.9 Å². The lowest BCUT2D eigenvalue weighted by molar-refractivity contribution is 0.272. The number of benzene rings is 1. The van der Waals surface area contributed by atoms with Gasteiger partial charge in [-0.25, -0.2) is 0 Å². The third-order valence-electron chi connectivity index (χ3n) is 2.72. The van der Waals surface area contributed by atoms with Crippen LogP contribution in [0, 0.1) is 13.8 Å². The molecule has 0 heterocycles. The molecular formula is C12H18OS. The molecular weight excluding hydrogens is 192 g/mol. The largest absolute Gasteiger partial charge is 0.396 e. The quantitative estimate of drug-likeness (QED) is 0.774. The zero-order valence-electron chi connectivity index (χ0n) is 9.29. The molecule has 0 bridgehead atoms. The minimum Gasteiger partial charge on any atom is -0.396 e. The highest BCUT2D eigenvalue weighted by Gasteiger charge is 2.10. The maximum Gasteiger partial charge on any atom is 0.0497 e. The number of aliphatic hydroxyl groups excluding tert-OH is 1. The topological polar surface area (TPSA) is 20.2 Å². The molecule has 78 valence electrons. The van der Waals surface area contributed by atoms with Gasteiger partial charge in [-0.3, -0.25) is 0 Å². The van der Waals surface area contributed by atoms with E-state index in [2.05, 4.69) is 39.2 Å². The fourth-order valence-electron chi connectivity index (χ4n) is 1.58. The smallest absolute Gasteiger partial charge is 0.0497 e. The monoisotopic (exact) mass is 210 g/mol. The van der Waals surface area contributed by atoms with Gasteiger partial charge in [-0.05, 0) is 48.9 Å². The molecule has 2 heteroatoms. The van der Waals surface area contributed by atoms with E-state index in [0.717, 1.165) is 0 Å². The van der Waals surface area contributed by atoms with Gasteiger partial charge < -0.3 is 5.11 Å². The SMILES string of the molecule is CSc1cc(C)c(C)c(C(C)CO)c1. The van der Waals surface area contributed by atoms with E-state index in [1.807, 2.05) is 0 Å². The Labute approximate surface area is 90.5 Å². The average Bonchev–Trinajstić information content (AvgIpc) is 2.20. The first-order chi connectivity index (χ1) is 6.60. The molecule has 14 heavy (non-hydrogen) atoms. The van der Waals surface area contributed by atoms with Crippen LogP contribution in [0.25, 0.3) is 0 Å². The van der Waals surface area contributed by atoms with Crippen molar-refractivity contribution in [2.45, 2.75) is 31.6 Å². The first-order valence-electron chi connectivity index (χ1n) is 4.86. The highest BCUT2D eigenvalue weighted by molar-refractivity contribution is 7.98. The van der Waals surface area contributed by atoms with Crippen LogP contribution in [0.3, 0.4) is 0 Å². The first kappa shape index (κ1) is 11.6. The van der Waals surface area contributed by atoms with Crippen LogP contribution in [0.15, 0.2) is 17.0 Å². The molecule has 1 nitrogen and oxygen atoms in total. The number of hydrogen-bond acceptors (Lipinski definition) is 2. The molecule has 1 atom stereocenters. The second-order valence-corrected chi connectivity index (χ2v) is 4.62. The van der Waals surface area contributed by atoms with Crippen molar-refractivity contribution in [1.29, 1.82) is 0 Å². The molecule has 0 radical (unpaired) electrons. The maximum atomic E-state index is 9.16. The van der Waals surface area contributed by atoms with E-state index in [0.29, 0.717) is 0 Å². The van der Waals surface area contributed by atoms with E-state index in [4.69, 9.17) is 5.11 Å². The molecule has 0 aliphatic heterocycles. The highest BCUT2D eigenvalue weighted by Crippen LogP contribution is 2.27. The van der Waals surface area contributed by atoms with Crippen molar-refractivity contribution < 1.29 is 5.11 Å². The van der Waals surface area contributed by atoms with Crippen molar-refractivity contribution in [2.24, 2.45) is 0 Å². The summed E-state index contributed by atoms with van der Waals surface area (Å²) in [5.74, 6) is 0.237. The van der Waals surface area contributed by atoms with Gasteiger partial charge in [0.25, 0.3) is 0 Å². The van der Waals surface area contributed by atoms with Gasteiger partial charge in [0.2, 0.25) is 0 Å². The molecule has 1 N–H and O–H groups in total. The van der Waals surface area contributed by atoms with Crippen molar-refractivity contribution >= 4 is 11.8 Å². The van der Waals surface area contributed by atoms with Gasteiger partial charge in [0.1, 0.15) is 0 Å². The minimum atomic E-state index is 0.220. The number of aliphatic hydroxyl groups is 1. The average molecular weight is 210 g/mol. The zero-order valence-corrected chi connectivity index (χ0v) is 10.1. The van der Waals surface area contributed by atoms with E-state index in [1.54, 1.807) is 11.8 Å². The molecule has 0 aliphatic rings. The third-order valence-corrected chi connectivity index (χ3v) is 3.43. The Morgan fingerprint density at radius 3 is 2.50 bits per heavy atom. The molecule has 0 saturated carbocycles. The normalized spacial score (nSPS) is 12.9. The van der Waals surface area contributed by atoms with E-state index < -0.39 is 0 Å². The van der Waals surface area contributed by atoms with E-state index >= 15 is 0 Å². The number of hydrogen-bond donors (Lipinski definition) is 1. The molecule has 1 unspecified atom stereocenters. The number of thioether (sulfide) groups is 1. The fourth-order valence-corrected chi connectivity index (χ4v) is 2.12. The van der Waals surface area contributed by atoms with Gasteiger partial charge in [0, 0.05) is 17.4 Å². The maximum absolute atomic E-state index is 9.16. The summed E-state index contributed by atoms with van der Waals surface area (Å²) in [4.78, 5) is 1.28. The van der Waals surface area contributed by atoms with Crippen molar-refractivity contribution in [3.63, 3.8) is 0 Å². The second-order valence-electron chi connectivity index (χ2n) is 3.74. The molecule has 0 aromatic heterocycles. The Bertz CT molecular complexity index is 320. The molecule has 0 aliphatic carbocycles. The van der Waals surface area contributed by atoms with Crippen molar-refractivity contribution in [3.05, 3.63) is 28.8 Å². The molecule has 0 spiro atoms. The lowest BCUT2D eigenvalue weighted by Gasteiger charge is -2.15. The third kappa shape index (κ3) is 2.31. The number of aryl methyl sites for hydroxylation is 1. The van der Waals surface area contributed by atoms with Crippen molar-refractivity contribution in [3.8, 4) is 0 Å². The Morgan fingerprint density at radius 1 is 1.36 bits per heavy atom. The van der Waals surface area contributed by atoms with E-state index in [9.17, 15) is 0 Å². The lowest BCUT2D eigenvalue weighted by atomic mass is 9.94. The van der Waals surface area contributed by atoms with Gasteiger partial charge in [-0.2, -0.15) is 0 Å². The molecule has 0 saturated heterocycles. The highest BCUT2D eigenvalue weighted by atomic mass is 32.2. The van der Waals surface area contributed by atoms with Gasteiger partial charge in [-0.15, -0.1) is 11.8 Å². The standard InChI is InChI=1S/C12H18OS/c1-8-5-11(14-4)6-12(10(8)3)9(2)7-13/h5-6,9,13H,7H2,1-4H3. The summed E-state index contributed by atoms with van der Waals surface area (Å²) in [6, 6.07) is 4.39. The molecule has 0 amide bonds. The molecule has 0 fully saturated rings. The van der Waals surface area contributed by atoms with E-state index in [1.165, 1.54) is 21.6 Å². The predicted octanol–water partition coefficient (Wildman–Crippen LogP) is 3.12. The van der Waals surface area contributed by atoms with Crippen LogP contribution in [0.4, 0.5) is 0 Å². The van der Waals surface area contributed by atoms with E-state index in [-0.39, 0.29) is 12.5 Å². The van der Waals surface area contributed by atoms with Gasteiger partial charge in [-0.1, -0.05) is 6.92 Å². The first-order valence-corrected chi connectivity index (χ1v) is 6.08. The van der Waals surface area contributed by atoms with Crippen LogP contribution in [-0.4, -0.2) is 18.0 Å². The Morgan fingerprint density at radius 2 is 2.00 bits per heavy atom. The summed E-state index contributed by atoms with van der Waals surface area (Å²) in [6.45, 7) is 6.54. The van der Waals surface area contributed by atoms with Crippen LogP contribution in [0.2, 0.25) is 0 Å². The Hall–Kier alpha value is -0.470. The molecule has 1 aromatic carbocycles. The van der Waals surface area contributed by atoms with Gasteiger partial charge in [0.15, 0.2) is 0 Å². The number of rotatable bonds is 3. The van der Waals surface area contributed by atoms with Crippen LogP contribution in [0.5, 0.6) is 0 Å². The summed E-state index contributed by atoms with van der Waals surface area (Å²) >= 11 is 1.75. The van der Waals surface area contributed by atoms with Crippen LogP contribution < -0.4 is 0 Å². The van der Waals surface area contributed by atoms with Gasteiger partial charge >= 0.3 is 0 Å². The lowest BCUT2D eigenvalue weighted by Crippen LogP contribution is -2.03. The summed E-state index contributed by atoms with van der Waals surface area (Å²) in [7, 11) is 0. The summed E-state index contributed by atoms with van der Waals surface area (Å²) < 4.78 is 0.